The third kappa shape index (κ3) is 1.17. The third-order valence-corrected chi connectivity index (χ3v) is 4.82. The second kappa shape index (κ2) is 3.25. The van der Waals surface area contributed by atoms with Crippen LogP contribution in [-0.4, -0.2) is 17.3 Å². The van der Waals surface area contributed by atoms with Crippen molar-refractivity contribution in [3.05, 3.63) is 0 Å². The number of carbonyl (C=O) groups is 3. The molecular formula is C13H16O3. The fourth-order valence-corrected chi connectivity index (χ4v) is 3.98. The van der Waals surface area contributed by atoms with Gasteiger partial charge in [-0.3, -0.25) is 14.4 Å². The molecule has 3 nitrogen and oxygen atoms in total. The predicted molar refractivity (Wildman–Crippen MR) is 56.8 cm³/mol. The summed E-state index contributed by atoms with van der Waals surface area (Å²) in [6.07, 6.45) is 4.64. The normalized spacial score (nSPS) is 43.1. The molecule has 0 heterocycles. The van der Waals surface area contributed by atoms with Crippen LogP contribution >= 0.6 is 0 Å². The van der Waals surface area contributed by atoms with E-state index < -0.39 is 5.41 Å². The van der Waals surface area contributed by atoms with Gasteiger partial charge in [0.1, 0.15) is 17.3 Å². The van der Waals surface area contributed by atoms with Crippen LogP contribution in [0.3, 0.4) is 0 Å². The first-order valence-electron chi connectivity index (χ1n) is 6.22. The average molecular weight is 220 g/mol. The molecule has 3 aliphatic rings. The zero-order valence-electron chi connectivity index (χ0n) is 9.33. The molecule has 3 atom stereocenters. The van der Waals surface area contributed by atoms with E-state index in [4.69, 9.17) is 0 Å². The Morgan fingerprint density at radius 3 is 2.69 bits per heavy atom. The van der Waals surface area contributed by atoms with Crippen molar-refractivity contribution in [2.75, 3.05) is 0 Å². The summed E-state index contributed by atoms with van der Waals surface area (Å²) in [6, 6.07) is 0. The van der Waals surface area contributed by atoms with Gasteiger partial charge in [-0.05, 0) is 19.3 Å². The molecule has 3 aliphatic carbocycles. The van der Waals surface area contributed by atoms with Gasteiger partial charge in [0.05, 0.1) is 0 Å². The SMILES string of the molecule is O=C1CC[C@@]23CCC[C@@H](CC(=O)[C@H]2C1)C3=O. The van der Waals surface area contributed by atoms with Crippen LogP contribution in [0.1, 0.15) is 44.9 Å². The smallest absolute Gasteiger partial charge is 0.143 e. The van der Waals surface area contributed by atoms with Crippen molar-refractivity contribution in [3.63, 3.8) is 0 Å². The van der Waals surface area contributed by atoms with Crippen molar-refractivity contribution in [1.82, 2.24) is 0 Å². The monoisotopic (exact) mass is 220 g/mol. The van der Waals surface area contributed by atoms with Gasteiger partial charge in [0, 0.05) is 36.5 Å². The quantitative estimate of drug-likeness (QED) is 0.624. The Bertz CT molecular complexity index is 385. The molecule has 86 valence electrons. The van der Waals surface area contributed by atoms with E-state index in [0.717, 1.165) is 19.3 Å². The summed E-state index contributed by atoms with van der Waals surface area (Å²) in [7, 11) is 0. The molecule has 3 rings (SSSR count). The maximum Gasteiger partial charge on any atom is 0.143 e. The maximum absolute atomic E-state index is 12.4. The molecule has 0 saturated heterocycles. The van der Waals surface area contributed by atoms with Gasteiger partial charge in [-0.1, -0.05) is 6.42 Å². The van der Waals surface area contributed by atoms with Crippen LogP contribution in [0.25, 0.3) is 0 Å². The summed E-state index contributed by atoms with van der Waals surface area (Å²) >= 11 is 0. The zero-order chi connectivity index (χ0) is 11.3. The minimum Gasteiger partial charge on any atom is -0.300 e. The van der Waals surface area contributed by atoms with Gasteiger partial charge in [-0.2, -0.15) is 0 Å². The van der Waals surface area contributed by atoms with Gasteiger partial charge in [-0.15, -0.1) is 0 Å². The lowest BCUT2D eigenvalue weighted by Crippen LogP contribution is -2.55. The number of hydrogen-bond acceptors (Lipinski definition) is 3. The molecule has 0 N–H and O–H groups in total. The van der Waals surface area contributed by atoms with E-state index in [2.05, 4.69) is 0 Å². The summed E-state index contributed by atoms with van der Waals surface area (Å²) in [6.45, 7) is 0. The van der Waals surface area contributed by atoms with E-state index in [1.165, 1.54) is 0 Å². The van der Waals surface area contributed by atoms with Crippen molar-refractivity contribution in [2.24, 2.45) is 17.3 Å². The first kappa shape index (κ1) is 10.2. The number of fused-ring (bicyclic) bond motifs is 1. The van der Waals surface area contributed by atoms with Gasteiger partial charge >= 0.3 is 0 Å². The average Bonchev–Trinajstić information content (AvgIpc) is 2.25. The Kier molecular flexibility index (Phi) is 2.07. The summed E-state index contributed by atoms with van der Waals surface area (Å²) in [4.78, 5) is 35.8. The minimum atomic E-state index is -0.424. The fourth-order valence-electron chi connectivity index (χ4n) is 3.98. The van der Waals surface area contributed by atoms with Gasteiger partial charge < -0.3 is 0 Å². The van der Waals surface area contributed by atoms with Crippen molar-refractivity contribution < 1.29 is 14.4 Å². The third-order valence-electron chi connectivity index (χ3n) is 4.82. The molecule has 0 aromatic heterocycles. The van der Waals surface area contributed by atoms with Crippen molar-refractivity contribution in [1.29, 1.82) is 0 Å². The van der Waals surface area contributed by atoms with Crippen LogP contribution in [0.2, 0.25) is 0 Å². The highest BCUT2D eigenvalue weighted by atomic mass is 16.1. The minimum absolute atomic E-state index is 0.0225. The first-order chi connectivity index (χ1) is 7.63. The number of ketones is 3. The van der Waals surface area contributed by atoms with Gasteiger partial charge in [0.25, 0.3) is 0 Å². The molecule has 3 fully saturated rings. The van der Waals surface area contributed by atoms with Crippen molar-refractivity contribution in [3.8, 4) is 0 Å². The van der Waals surface area contributed by atoms with E-state index in [9.17, 15) is 14.4 Å². The molecule has 3 saturated carbocycles. The molecule has 1 spiro atoms. The van der Waals surface area contributed by atoms with Crippen LogP contribution in [0.15, 0.2) is 0 Å². The Balaban J connectivity index is 2.03. The van der Waals surface area contributed by atoms with Crippen molar-refractivity contribution in [2.45, 2.75) is 44.9 Å². The highest BCUT2D eigenvalue weighted by Crippen LogP contribution is 2.54. The largest absolute Gasteiger partial charge is 0.300 e. The van der Waals surface area contributed by atoms with Crippen LogP contribution < -0.4 is 0 Å². The van der Waals surface area contributed by atoms with E-state index in [1.807, 2.05) is 0 Å². The lowest BCUT2D eigenvalue weighted by molar-refractivity contribution is -0.160. The molecule has 3 heteroatoms. The molecule has 2 bridgehead atoms. The molecular weight excluding hydrogens is 204 g/mol. The second-order valence-corrected chi connectivity index (χ2v) is 5.58. The first-order valence-corrected chi connectivity index (χ1v) is 6.22. The molecule has 0 aromatic carbocycles. The molecule has 0 aromatic rings. The molecule has 0 radical (unpaired) electrons. The summed E-state index contributed by atoms with van der Waals surface area (Å²) in [5.74, 6) is 0.359. The lowest BCUT2D eigenvalue weighted by Gasteiger charge is -2.50. The van der Waals surface area contributed by atoms with Crippen LogP contribution in [-0.2, 0) is 14.4 Å². The van der Waals surface area contributed by atoms with Gasteiger partial charge in [-0.25, -0.2) is 0 Å². The number of rotatable bonds is 0. The number of carbonyl (C=O) groups excluding carboxylic acids is 3. The Morgan fingerprint density at radius 1 is 1.06 bits per heavy atom. The summed E-state index contributed by atoms with van der Waals surface area (Å²) < 4.78 is 0. The van der Waals surface area contributed by atoms with Gasteiger partial charge in [0.2, 0.25) is 0 Å². The maximum atomic E-state index is 12.4. The second-order valence-electron chi connectivity index (χ2n) is 5.58. The number of hydrogen-bond donors (Lipinski definition) is 0. The molecule has 16 heavy (non-hydrogen) atoms. The Labute approximate surface area is 94.6 Å². The van der Waals surface area contributed by atoms with Gasteiger partial charge in [0.15, 0.2) is 0 Å². The summed E-state index contributed by atoms with van der Waals surface area (Å²) in [5, 5.41) is 0. The van der Waals surface area contributed by atoms with Crippen molar-refractivity contribution >= 4 is 17.3 Å². The molecule has 0 amide bonds. The van der Waals surface area contributed by atoms with E-state index in [-0.39, 0.29) is 23.4 Å². The summed E-state index contributed by atoms with van der Waals surface area (Å²) in [5.41, 5.74) is -0.424. The zero-order valence-corrected chi connectivity index (χ0v) is 9.33. The van der Waals surface area contributed by atoms with Crippen LogP contribution in [0, 0.1) is 17.3 Å². The van der Waals surface area contributed by atoms with E-state index in [0.29, 0.717) is 31.5 Å². The van der Waals surface area contributed by atoms with Crippen LogP contribution in [0.5, 0.6) is 0 Å². The molecule has 0 aliphatic heterocycles. The van der Waals surface area contributed by atoms with Crippen LogP contribution in [0.4, 0.5) is 0 Å². The van der Waals surface area contributed by atoms with E-state index >= 15 is 0 Å². The highest BCUT2D eigenvalue weighted by Gasteiger charge is 2.57. The lowest BCUT2D eigenvalue weighted by atomic mass is 9.51. The van der Waals surface area contributed by atoms with E-state index in [1.54, 1.807) is 0 Å². The molecule has 0 unspecified atom stereocenters. The Hall–Kier alpha value is -0.990. The predicted octanol–water partition coefficient (Wildman–Crippen LogP) is 1.68. The number of Topliss-reactive ketones (excluding diaryl/α,β-unsaturated/α-hetero) is 3. The standard InChI is InChI=1S/C13H16O3/c14-9-3-5-13-4-1-2-8(12(13)16)6-11(15)10(13)7-9/h8,10H,1-7H2/t8-,10+,13-/m0/s1. The highest BCUT2D eigenvalue weighted by molar-refractivity contribution is 6.04. The topological polar surface area (TPSA) is 51.2 Å². The Morgan fingerprint density at radius 2 is 1.88 bits per heavy atom. The fraction of sp³-hybridized carbons (Fsp3) is 0.769.